The van der Waals surface area contributed by atoms with Gasteiger partial charge in [0.15, 0.2) is 6.29 Å². The van der Waals surface area contributed by atoms with Gasteiger partial charge in [-0.25, -0.2) is 4.79 Å². The predicted molar refractivity (Wildman–Crippen MR) is 72.4 cm³/mol. The first-order valence-corrected chi connectivity index (χ1v) is 6.60. The van der Waals surface area contributed by atoms with E-state index in [4.69, 9.17) is 9.47 Å². The number of fused-ring (bicyclic) bond motifs is 1. The molecule has 1 aliphatic heterocycles. The van der Waals surface area contributed by atoms with Gasteiger partial charge in [0.2, 0.25) is 0 Å². The Hall–Kier alpha value is -1.75. The molecule has 19 heavy (non-hydrogen) atoms. The van der Waals surface area contributed by atoms with E-state index >= 15 is 0 Å². The molecule has 1 unspecified atom stereocenters. The lowest BCUT2D eigenvalue weighted by Crippen LogP contribution is -2.24. The first-order valence-electron chi connectivity index (χ1n) is 6.60. The van der Waals surface area contributed by atoms with Gasteiger partial charge in [-0.2, -0.15) is 0 Å². The summed E-state index contributed by atoms with van der Waals surface area (Å²) in [6, 6.07) is 5.70. The average molecular weight is 262 g/mol. The molecule has 0 radical (unpaired) electrons. The number of aryl methyl sites for hydroxylation is 2. The maximum absolute atomic E-state index is 11.8. The molecule has 2 aromatic rings. The molecule has 1 aliphatic rings. The van der Waals surface area contributed by atoms with Crippen molar-refractivity contribution in [3.05, 3.63) is 28.7 Å². The van der Waals surface area contributed by atoms with Crippen molar-refractivity contribution in [1.29, 1.82) is 0 Å². The van der Waals surface area contributed by atoms with E-state index in [0.717, 1.165) is 42.7 Å². The summed E-state index contributed by atoms with van der Waals surface area (Å²) >= 11 is 0. The largest absolute Gasteiger partial charge is 0.465 e. The number of ether oxygens (including phenoxy) is 2. The van der Waals surface area contributed by atoms with E-state index in [1.807, 2.05) is 18.2 Å². The van der Waals surface area contributed by atoms with Crippen LogP contribution < -0.4 is 10.4 Å². The molecule has 5 heteroatoms. The topological polar surface area (TPSA) is 45.4 Å². The van der Waals surface area contributed by atoms with Gasteiger partial charge < -0.3 is 9.47 Å². The zero-order valence-electron chi connectivity index (χ0n) is 11.3. The van der Waals surface area contributed by atoms with E-state index in [9.17, 15) is 4.79 Å². The van der Waals surface area contributed by atoms with Crippen LogP contribution in [0.2, 0.25) is 0 Å². The van der Waals surface area contributed by atoms with Crippen LogP contribution in [0.25, 0.3) is 11.0 Å². The van der Waals surface area contributed by atoms with Crippen LogP contribution in [-0.2, 0) is 18.8 Å². The third kappa shape index (κ3) is 2.14. The van der Waals surface area contributed by atoms with Crippen molar-refractivity contribution in [2.75, 3.05) is 6.61 Å². The molecule has 1 aromatic heterocycles. The van der Waals surface area contributed by atoms with E-state index in [0.29, 0.717) is 0 Å². The van der Waals surface area contributed by atoms with Gasteiger partial charge in [-0.1, -0.05) is 0 Å². The smallest absolute Gasteiger partial charge is 0.328 e. The highest BCUT2D eigenvalue weighted by Gasteiger charge is 2.16. The standard InChI is InChI=1S/C14H18N2O3/c1-15-11-7-6-10(9-12(11)16(2)14(15)17)19-13-5-3-4-8-18-13/h6-7,9,13H,3-5,8H2,1-2H3. The molecule has 0 amide bonds. The van der Waals surface area contributed by atoms with Crippen molar-refractivity contribution in [1.82, 2.24) is 9.13 Å². The van der Waals surface area contributed by atoms with E-state index in [1.54, 1.807) is 23.2 Å². The summed E-state index contributed by atoms with van der Waals surface area (Å²) in [7, 11) is 3.54. The van der Waals surface area contributed by atoms with E-state index in [2.05, 4.69) is 0 Å². The maximum Gasteiger partial charge on any atom is 0.328 e. The van der Waals surface area contributed by atoms with Gasteiger partial charge in [0.05, 0.1) is 17.6 Å². The third-order valence-electron chi connectivity index (χ3n) is 3.65. The Morgan fingerprint density at radius 3 is 2.74 bits per heavy atom. The molecule has 102 valence electrons. The Bertz CT molecular complexity index is 650. The average Bonchev–Trinajstić information content (AvgIpc) is 2.65. The normalized spacial score (nSPS) is 19.8. The molecule has 0 bridgehead atoms. The number of benzene rings is 1. The Morgan fingerprint density at radius 2 is 2.00 bits per heavy atom. The highest BCUT2D eigenvalue weighted by atomic mass is 16.7. The van der Waals surface area contributed by atoms with Gasteiger partial charge in [-0.3, -0.25) is 9.13 Å². The fraction of sp³-hybridized carbons (Fsp3) is 0.500. The van der Waals surface area contributed by atoms with Crippen molar-refractivity contribution in [2.45, 2.75) is 25.6 Å². The molecular weight excluding hydrogens is 244 g/mol. The molecule has 0 saturated carbocycles. The molecule has 1 fully saturated rings. The molecule has 1 saturated heterocycles. The van der Waals surface area contributed by atoms with Crippen LogP contribution in [0.4, 0.5) is 0 Å². The highest BCUT2D eigenvalue weighted by molar-refractivity contribution is 5.77. The Labute approximate surface area is 111 Å². The van der Waals surface area contributed by atoms with Crippen molar-refractivity contribution in [2.24, 2.45) is 14.1 Å². The van der Waals surface area contributed by atoms with Gasteiger partial charge in [0.1, 0.15) is 5.75 Å². The first kappa shape index (κ1) is 12.3. The molecule has 0 aliphatic carbocycles. The fourth-order valence-electron chi connectivity index (χ4n) is 2.52. The van der Waals surface area contributed by atoms with Gasteiger partial charge in [0, 0.05) is 26.6 Å². The lowest BCUT2D eigenvalue weighted by molar-refractivity contribution is -0.105. The van der Waals surface area contributed by atoms with Crippen molar-refractivity contribution in [3.8, 4) is 5.75 Å². The molecule has 0 N–H and O–H groups in total. The van der Waals surface area contributed by atoms with Crippen LogP contribution >= 0.6 is 0 Å². The molecule has 0 spiro atoms. The molecule has 3 rings (SSSR count). The summed E-state index contributed by atoms with van der Waals surface area (Å²) in [4.78, 5) is 11.8. The Balaban J connectivity index is 1.93. The summed E-state index contributed by atoms with van der Waals surface area (Å²) in [5.41, 5.74) is 1.76. The number of nitrogens with zero attached hydrogens (tertiary/aromatic N) is 2. The van der Waals surface area contributed by atoms with Crippen molar-refractivity contribution >= 4 is 11.0 Å². The number of rotatable bonds is 2. The minimum atomic E-state index is -0.160. The minimum absolute atomic E-state index is 0.0268. The minimum Gasteiger partial charge on any atom is -0.465 e. The van der Waals surface area contributed by atoms with Crippen molar-refractivity contribution < 1.29 is 9.47 Å². The van der Waals surface area contributed by atoms with Crippen LogP contribution in [0, 0.1) is 0 Å². The number of hydrogen-bond acceptors (Lipinski definition) is 3. The summed E-state index contributed by atoms with van der Waals surface area (Å²) < 4.78 is 14.6. The highest BCUT2D eigenvalue weighted by Crippen LogP contribution is 2.23. The number of hydrogen-bond donors (Lipinski definition) is 0. The second-order valence-corrected chi connectivity index (χ2v) is 4.97. The van der Waals surface area contributed by atoms with E-state index in [-0.39, 0.29) is 12.0 Å². The van der Waals surface area contributed by atoms with Gasteiger partial charge >= 0.3 is 5.69 Å². The summed E-state index contributed by atoms with van der Waals surface area (Å²) in [5.74, 6) is 0.751. The van der Waals surface area contributed by atoms with Gasteiger partial charge in [0.25, 0.3) is 0 Å². The monoisotopic (exact) mass is 262 g/mol. The van der Waals surface area contributed by atoms with Gasteiger partial charge in [-0.15, -0.1) is 0 Å². The zero-order valence-corrected chi connectivity index (χ0v) is 11.3. The van der Waals surface area contributed by atoms with E-state index < -0.39 is 0 Å². The van der Waals surface area contributed by atoms with Crippen LogP contribution in [-0.4, -0.2) is 22.0 Å². The Morgan fingerprint density at radius 1 is 1.21 bits per heavy atom. The first-order chi connectivity index (χ1) is 9.16. The molecule has 1 aromatic carbocycles. The predicted octanol–water partition coefficient (Wildman–Crippen LogP) is 1.78. The summed E-state index contributed by atoms with van der Waals surface area (Å²) in [5, 5.41) is 0. The van der Waals surface area contributed by atoms with Crippen LogP contribution in [0.15, 0.2) is 23.0 Å². The van der Waals surface area contributed by atoms with Crippen molar-refractivity contribution in [3.63, 3.8) is 0 Å². The zero-order chi connectivity index (χ0) is 13.4. The van der Waals surface area contributed by atoms with Crippen LogP contribution in [0.5, 0.6) is 5.75 Å². The lowest BCUT2D eigenvalue weighted by Gasteiger charge is -2.23. The lowest BCUT2D eigenvalue weighted by atomic mass is 10.2. The number of imidazole rings is 1. The molecule has 1 atom stereocenters. The number of aromatic nitrogens is 2. The third-order valence-corrected chi connectivity index (χ3v) is 3.65. The fourth-order valence-corrected chi connectivity index (χ4v) is 2.52. The van der Waals surface area contributed by atoms with Crippen LogP contribution in [0.3, 0.4) is 0 Å². The quantitative estimate of drug-likeness (QED) is 0.828. The maximum atomic E-state index is 11.8. The van der Waals surface area contributed by atoms with Crippen LogP contribution in [0.1, 0.15) is 19.3 Å². The second kappa shape index (κ2) is 4.74. The SMILES string of the molecule is Cn1c(=O)n(C)c2cc(OC3CCCCO3)ccc21. The molecule has 5 nitrogen and oxygen atoms in total. The summed E-state index contributed by atoms with van der Waals surface area (Å²) in [6.45, 7) is 0.761. The Kier molecular flexibility index (Phi) is 3.06. The second-order valence-electron chi connectivity index (χ2n) is 4.97. The van der Waals surface area contributed by atoms with E-state index in [1.165, 1.54) is 0 Å². The summed E-state index contributed by atoms with van der Waals surface area (Å²) in [6.07, 6.45) is 3.00. The molecular formula is C14H18N2O3. The van der Waals surface area contributed by atoms with Gasteiger partial charge in [-0.05, 0) is 25.0 Å². The molecule has 2 heterocycles.